The lowest BCUT2D eigenvalue weighted by atomic mass is 9.94. The molecule has 0 aliphatic carbocycles. The number of imidazole rings is 1. The molecule has 0 radical (unpaired) electrons. The Morgan fingerprint density at radius 1 is 1.32 bits per heavy atom. The monoisotopic (exact) mass is 335 g/mol. The molecule has 6 nitrogen and oxygen atoms in total. The van der Waals surface area contributed by atoms with Gasteiger partial charge in [0.2, 0.25) is 5.91 Å². The first kappa shape index (κ1) is 15.7. The molecule has 0 N–H and O–H groups in total. The molecule has 1 amide bonds. The number of amides is 1. The average Bonchev–Trinajstić information content (AvgIpc) is 2.98. The minimum absolute atomic E-state index is 0.155. The predicted octanol–water partition coefficient (Wildman–Crippen LogP) is 2.38. The number of hydrogen-bond acceptors (Lipinski definition) is 4. The van der Waals surface area contributed by atoms with Gasteiger partial charge in [0.15, 0.2) is 0 Å². The van der Waals surface area contributed by atoms with E-state index in [0.717, 1.165) is 42.1 Å². The van der Waals surface area contributed by atoms with Gasteiger partial charge in [-0.1, -0.05) is 6.07 Å². The number of rotatable bonds is 3. The van der Waals surface area contributed by atoms with Crippen LogP contribution in [0.15, 0.2) is 43.0 Å². The molecule has 6 heteroatoms. The first-order chi connectivity index (χ1) is 12.2. The Labute approximate surface area is 146 Å². The Morgan fingerprint density at radius 2 is 2.24 bits per heavy atom. The van der Waals surface area contributed by atoms with E-state index in [2.05, 4.69) is 15.0 Å². The number of piperidine rings is 1. The summed E-state index contributed by atoms with van der Waals surface area (Å²) in [6.45, 7) is 3.49. The molecule has 25 heavy (non-hydrogen) atoms. The average molecular weight is 335 g/mol. The van der Waals surface area contributed by atoms with Gasteiger partial charge >= 0.3 is 0 Å². The molecule has 0 spiro atoms. The number of aryl methyl sites for hydroxylation is 1. The summed E-state index contributed by atoms with van der Waals surface area (Å²) < 4.78 is 2.01. The van der Waals surface area contributed by atoms with E-state index in [0.29, 0.717) is 13.0 Å². The van der Waals surface area contributed by atoms with E-state index in [1.54, 1.807) is 12.4 Å². The Bertz CT molecular complexity index is 889. The third-order valence-corrected chi connectivity index (χ3v) is 4.92. The highest BCUT2D eigenvalue weighted by Crippen LogP contribution is 2.25. The highest BCUT2D eigenvalue weighted by molar-refractivity contribution is 5.79. The van der Waals surface area contributed by atoms with Crippen molar-refractivity contribution >= 4 is 11.6 Å². The smallest absolute Gasteiger partial charge is 0.228 e. The Balaban J connectivity index is 1.51. The standard InChI is InChI=1S/C19H21N5O/c1-14-17(24-10-3-2-6-18(24)22-14)11-19(25)23-9-4-5-15(13-23)16-12-20-7-8-21-16/h2-3,6-8,10,12,15H,4-5,9,11,13H2,1H3/t15-/m0/s1. The molecule has 0 saturated carbocycles. The number of likely N-dealkylation sites (tertiary alicyclic amines) is 1. The van der Waals surface area contributed by atoms with Crippen molar-refractivity contribution in [3.8, 4) is 0 Å². The third-order valence-electron chi connectivity index (χ3n) is 4.92. The second-order valence-electron chi connectivity index (χ2n) is 6.56. The lowest BCUT2D eigenvalue weighted by molar-refractivity contribution is -0.131. The van der Waals surface area contributed by atoms with Gasteiger partial charge in [-0.3, -0.25) is 14.8 Å². The van der Waals surface area contributed by atoms with E-state index in [-0.39, 0.29) is 11.8 Å². The maximum atomic E-state index is 12.9. The van der Waals surface area contributed by atoms with Gasteiger partial charge in [-0.2, -0.15) is 0 Å². The lowest BCUT2D eigenvalue weighted by Gasteiger charge is -2.32. The minimum atomic E-state index is 0.155. The van der Waals surface area contributed by atoms with Gasteiger partial charge in [-0.05, 0) is 31.9 Å². The molecule has 128 valence electrons. The van der Waals surface area contributed by atoms with Crippen LogP contribution in [0, 0.1) is 6.92 Å². The van der Waals surface area contributed by atoms with Crippen LogP contribution < -0.4 is 0 Å². The molecule has 3 aromatic heterocycles. The van der Waals surface area contributed by atoms with Gasteiger partial charge in [0, 0.05) is 43.8 Å². The fourth-order valence-electron chi connectivity index (χ4n) is 3.60. The SMILES string of the molecule is Cc1nc2ccccn2c1CC(=O)N1CCC[C@H](c2cnccn2)C1. The summed E-state index contributed by atoms with van der Waals surface area (Å²) >= 11 is 0. The summed E-state index contributed by atoms with van der Waals surface area (Å²) in [5.74, 6) is 0.428. The summed E-state index contributed by atoms with van der Waals surface area (Å²) in [6.07, 6.45) is 9.62. The summed E-state index contributed by atoms with van der Waals surface area (Å²) in [4.78, 5) is 28.0. The Kier molecular flexibility index (Phi) is 4.17. The lowest BCUT2D eigenvalue weighted by Crippen LogP contribution is -2.40. The highest BCUT2D eigenvalue weighted by Gasteiger charge is 2.26. The van der Waals surface area contributed by atoms with Crippen LogP contribution in [0.1, 0.15) is 35.8 Å². The number of fused-ring (bicyclic) bond motifs is 1. The van der Waals surface area contributed by atoms with E-state index in [9.17, 15) is 4.79 Å². The van der Waals surface area contributed by atoms with Crippen LogP contribution in [0.4, 0.5) is 0 Å². The van der Waals surface area contributed by atoms with E-state index in [1.165, 1.54) is 0 Å². The van der Waals surface area contributed by atoms with Crippen molar-refractivity contribution in [3.05, 3.63) is 60.1 Å². The van der Waals surface area contributed by atoms with Crippen LogP contribution in [0.5, 0.6) is 0 Å². The first-order valence-electron chi connectivity index (χ1n) is 8.68. The van der Waals surface area contributed by atoms with Crippen molar-refractivity contribution in [2.24, 2.45) is 0 Å². The first-order valence-corrected chi connectivity index (χ1v) is 8.68. The van der Waals surface area contributed by atoms with Crippen LogP contribution >= 0.6 is 0 Å². The van der Waals surface area contributed by atoms with Gasteiger partial charge in [0.25, 0.3) is 0 Å². The molecule has 1 atom stereocenters. The van der Waals surface area contributed by atoms with Gasteiger partial charge in [-0.15, -0.1) is 0 Å². The summed E-state index contributed by atoms with van der Waals surface area (Å²) in [5.41, 5.74) is 3.76. The molecule has 0 aromatic carbocycles. The number of hydrogen-bond donors (Lipinski definition) is 0. The van der Waals surface area contributed by atoms with Crippen LogP contribution in [-0.4, -0.2) is 43.2 Å². The molecule has 1 aliphatic rings. The van der Waals surface area contributed by atoms with Gasteiger partial charge in [0.1, 0.15) is 5.65 Å². The van der Waals surface area contributed by atoms with Crippen molar-refractivity contribution in [2.45, 2.75) is 32.1 Å². The second-order valence-corrected chi connectivity index (χ2v) is 6.56. The molecule has 1 aliphatic heterocycles. The molecular formula is C19H21N5O. The molecule has 3 aromatic rings. The van der Waals surface area contributed by atoms with E-state index in [4.69, 9.17) is 0 Å². The molecule has 1 saturated heterocycles. The maximum absolute atomic E-state index is 12.9. The van der Waals surface area contributed by atoms with Crippen molar-refractivity contribution in [2.75, 3.05) is 13.1 Å². The van der Waals surface area contributed by atoms with Gasteiger partial charge in [-0.25, -0.2) is 4.98 Å². The maximum Gasteiger partial charge on any atom is 0.228 e. The highest BCUT2D eigenvalue weighted by atomic mass is 16.2. The predicted molar refractivity (Wildman–Crippen MR) is 94.2 cm³/mol. The largest absolute Gasteiger partial charge is 0.342 e. The molecular weight excluding hydrogens is 314 g/mol. The van der Waals surface area contributed by atoms with Crippen LogP contribution in [0.25, 0.3) is 5.65 Å². The molecule has 4 rings (SSSR count). The summed E-state index contributed by atoms with van der Waals surface area (Å²) in [6, 6.07) is 5.89. The van der Waals surface area contributed by atoms with Crippen molar-refractivity contribution < 1.29 is 4.79 Å². The Hall–Kier alpha value is -2.76. The zero-order valence-corrected chi connectivity index (χ0v) is 14.3. The zero-order valence-electron chi connectivity index (χ0n) is 14.3. The van der Waals surface area contributed by atoms with Crippen LogP contribution in [-0.2, 0) is 11.2 Å². The van der Waals surface area contributed by atoms with Crippen molar-refractivity contribution in [3.63, 3.8) is 0 Å². The molecule has 0 bridgehead atoms. The van der Waals surface area contributed by atoms with E-state index in [1.807, 2.05) is 46.8 Å². The summed E-state index contributed by atoms with van der Waals surface area (Å²) in [5, 5.41) is 0. The van der Waals surface area contributed by atoms with Crippen LogP contribution in [0.3, 0.4) is 0 Å². The number of aromatic nitrogens is 4. The van der Waals surface area contributed by atoms with E-state index < -0.39 is 0 Å². The Morgan fingerprint density at radius 3 is 3.08 bits per heavy atom. The fraction of sp³-hybridized carbons (Fsp3) is 0.368. The number of nitrogens with zero attached hydrogens (tertiary/aromatic N) is 5. The van der Waals surface area contributed by atoms with Crippen LogP contribution in [0.2, 0.25) is 0 Å². The van der Waals surface area contributed by atoms with Crippen molar-refractivity contribution in [1.29, 1.82) is 0 Å². The van der Waals surface area contributed by atoms with Gasteiger partial charge < -0.3 is 9.30 Å². The third kappa shape index (κ3) is 3.12. The molecule has 1 fully saturated rings. The van der Waals surface area contributed by atoms with Crippen molar-refractivity contribution in [1.82, 2.24) is 24.3 Å². The summed E-state index contributed by atoms with van der Waals surface area (Å²) in [7, 11) is 0. The minimum Gasteiger partial charge on any atom is -0.342 e. The van der Waals surface area contributed by atoms with E-state index >= 15 is 0 Å². The topological polar surface area (TPSA) is 63.4 Å². The molecule has 0 unspecified atom stereocenters. The number of carbonyl (C=O) groups is 1. The second kappa shape index (κ2) is 6.63. The molecule has 4 heterocycles. The number of pyridine rings is 1. The normalized spacial score (nSPS) is 17.8. The number of carbonyl (C=O) groups excluding carboxylic acids is 1. The quantitative estimate of drug-likeness (QED) is 0.737. The van der Waals surface area contributed by atoms with Gasteiger partial charge in [0.05, 0.1) is 23.5 Å². The zero-order chi connectivity index (χ0) is 17.2. The fourth-order valence-corrected chi connectivity index (χ4v) is 3.60.